The van der Waals surface area contributed by atoms with E-state index in [2.05, 4.69) is 21.3 Å². The molecule has 2 bridgehead atoms. The number of hydrazone groups is 1. The average Bonchev–Trinajstić information content (AvgIpc) is 3.32. The molecular formula is C21H19FN8O. The van der Waals surface area contributed by atoms with E-state index in [1.54, 1.807) is 41.4 Å². The molecule has 0 saturated carbocycles. The van der Waals surface area contributed by atoms with E-state index in [1.807, 2.05) is 11.9 Å². The number of benzene rings is 1. The predicted octanol–water partition coefficient (Wildman–Crippen LogP) is 2.75. The van der Waals surface area contributed by atoms with Crippen LogP contribution in [-0.2, 0) is 13.6 Å². The Labute approximate surface area is 177 Å². The number of aryl methyl sites for hydroxylation is 1. The zero-order chi connectivity index (χ0) is 21.7. The van der Waals surface area contributed by atoms with Gasteiger partial charge in [-0.1, -0.05) is 0 Å². The van der Waals surface area contributed by atoms with E-state index in [0.29, 0.717) is 52.6 Å². The van der Waals surface area contributed by atoms with Crippen molar-refractivity contribution in [1.29, 1.82) is 5.26 Å². The number of nitriles is 1. The van der Waals surface area contributed by atoms with E-state index in [-0.39, 0.29) is 11.6 Å². The number of anilines is 2. The molecule has 2 aromatic heterocycles. The first-order chi connectivity index (χ1) is 15.0. The van der Waals surface area contributed by atoms with Gasteiger partial charge in [-0.05, 0) is 31.2 Å². The van der Waals surface area contributed by atoms with Crippen LogP contribution in [0.1, 0.15) is 30.0 Å². The van der Waals surface area contributed by atoms with Crippen molar-refractivity contribution in [2.75, 3.05) is 17.4 Å². The number of aromatic nitrogens is 3. The van der Waals surface area contributed by atoms with Crippen LogP contribution in [0.5, 0.6) is 5.75 Å². The molecule has 9 nitrogen and oxygen atoms in total. The lowest BCUT2D eigenvalue weighted by molar-refractivity contribution is 0.224. The van der Waals surface area contributed by atoms with Gasteiger partial charge >= 0.3 is 0 Å². The summed E-state index contributed by atoms with van der Waals surface area (Å²) in [4.78, 5) is 4.27. The molecule has 2 aliphatic rings. The molecule has 5 rings (SSSR count). The number of nitrogen functional groups attached to an aromatic ring is 1. The minimum Gasteiger partial charge on any atom is -0.482 e. The van der Waals surface area contributed by atoms with Crippen LogP contribution in [-0.4, -0.2) is 32.5 Å². The van der Waals surface area contributed by atoms with Crippen LogP contribution in [0, 0.1) is 17.1 Å². The van der Waals surface area contributed by atoms with Gasteiger partial charge in [0.05, 0.1) is 24.5 Å². The Morgan fingerprint density at radius 1 is 1.32 bits per heavy atom. The highest BCUT2D eigenvalue weighted by Crippen LogP contribution is 2.38. The molecule has 0 spiro atoms. The molecule has 4 heterocycles. The van der Waals surface area contributed by atoms with Gasteiger partial charge in [0.1, 0.15) is 23.7 Å². The molecule has 1 atom stereocenters. The second-order valence-electron chi connectivity index (χ2n) is 7.41. The number of ether oxygens (including phenoxy) is 1. The van der Waals surface area contributed by atoms with Gasteiger partial charge in [0.25, 0.3) is 0 Å². The van der Waals surface area contributed by atoms with Crippen molar-refractivity contribution >= 4 is 17.7 Å². The molecule has 0 radical (unpaired) electrons. The highest BCUT2D eigenvalue weighted by molar-refractivity contribution is 5.74. The second kappa shape index (κ2) is 7.07. The number of fused-ring (bicyclic) bond motifs is 7. The van der Waals surface area contributed by atoms with Crippen LogP contribution in [0.3, 0.4) is 0 Å². The summed E-state index contributed by atoms with van der Waals surface area (Å²) in [6.07, 6.45) is 2.84. The third kappa shape index (κ3) is 3.06. The summed E-state index contributed by atoms with van der Waals surface area (Å²) < 4.78 is 21.8. The summed E-state index contributed by atoms with van der Waals surface area (Å²) in [5.41, 5.74) is 9.80. The van der Waals surface area contributed by atoms with Gasteiger partial charge in [-0.25, -0.2) is 9.37 Å². The molecule has 0 saturated heterocycles. The Morgan fingerprint density at radius 3 is 2.97 bits per heavy atom. The largest absolute Gasteiger partial charge is 0.482 e. The van der Waals surface area contributed by atoms with Crippen LogP contribution in [0.2, 0.25) is 0 Å². The summed E-state index contributed by atoms with van der Waals surface area (Å²) in [6.45, 7) is 2.74. The fraction of sp³-hybridized carbons (Fsp3) is 0.238. The zero-order valence-corrected chi connectivity index (χ0v) is 16.9. The Morgan fingerprint density at radius 2 is 2.16 bits per heavy atom. The Balaban J connectivity index is 1.76. The van der Waals surface area contributed by atoms with Crippen molar-refractivity contribution in [1.82, 2.24) is 19.8 Å². The lowest BCUT2D eigenvalue weighted by atomic mass is 10.0. The highest BCUT2D eigenvalue weighted by Gasteiger charge is 2.29. The number of nitrogens with two attached hydrogens (primary N) is 1. The van der Waals surface area contributed by atoms with Gasteiger partial charge in [-0.2, -0.15) is 25.6 Å². The first-order valence-corrected chi connectivity index (χ1v) is 9.71. The predicted molar refractivity (Wildman–Crippen MR) is 112 cm³/mol. The summed E-state index contributed by atoms with van der Waals surface area (Å²) in [6, 6.07) is 8.47. The van der Waals surface area contributed by atoms with E-state index in [0.717, 1.165) is 0 Å². The maximum Gasteiger partial charge on any atom is 0.166 e. The molecule has 1 aromatic carbocycles. The van der Waals surface area contributed by atoms with Crippen molar-refractivity contribution in [3.8, 4) is 22.9 Å². The summed E-state index contributed by atoms with van der Waals surface area (Å²) in [5.74, 6) is 0.179. The number of hydrogen-bond acceptors (Lipinski definition) is 8. The molecule has 156 valence electrons. The molecule has 0 amide bonds. The van der Waals surface area contributed by atoms with Crippen molar-refractivity contribution in [2.45, 2.75) is 19.6 Å². The Hall–Kier alpha value is -3.97. The monoisotopic (exact) mass is 418 g/mol. The van der Waals surface area contributed by atoms with Crippen molar-refractivity contribution in [2.24, 2.45) is 12.1 Å². The van der Waals surface area contributed by atoms with Gasteiger partial charge in [-0.3, -0.25) is 4.68 Å². The van der Waals surface area contributed by atoms with Gasteiger partial charge in [0.2, 0.25) is 0 Å². The zero-order valence-electron chi connectivity index (χ0n) is 16.9. The number of rotatable bonds is 0. The van der Waals surface area contributed by atoms with Gasteiger partial charge < -0.3 is 10.5 Å². The minimum absolute atomic E-state index is 0.204. The molecule has 2 N–H and O–H groups in total. The standard InChI is InChI=1S/C21H19FN8O/c1-12-15-8-14(22)3-4-17(15)30-26-5-6-29(30)11-16-20(18(9-23)28(2)27-16)13-7-19(31-12)21(24)25-10-13/h3-5,7-8,10,12H,6,11H2,1-2H3,(H2,24,25)/t12-/m1/s1. The smallest absolute Gasteiger partial charge is 0.166 e. The molecule has 0 aliphatic carbocycles. The second-order valence-corrected chi connectivity index (χ2v) is 7.41. The maximum atomic E-state index is 14.1. The number of halogens is 1. The van der Waals surface area contributed by atoms with E-state index in [4.69, 9.17) is 10.5 Å². The van der Waals surface area contributed by atoms with E-state index >= 15 is 0 Å². The lowest BCUT2D eigenvalue weighted by Crippen LogP contribution is -2.36. The topological polar surface area (TPSA) is 109 Å². The van der Waals surface area contributed by atoms with Gasteiger partial charge in [-0.15, -0.1) is 0 Å². The Kier molecular flexibility index (Phi) is 4.34. The minimum atomic E-state index is -0.536. The van der Waals surface area contributed by atoms with Crippen molar-refractivity contribution in [3.05, 3.63) is 53.2 Å². The number of nitrogens with zero attached hydrogens (tertiary/aromatic N) is 7. The first-order valence-electron chi connectivity index (χ1n) is 9.71. The van der Waals surface area contributed by atoms with Crippen molar-refractivity contribution in [3.63, 3.8) is 0 Å². The third-order valence-corrected chi connectivity index (χ3v) is 5.43. The van der Waals surface area contributed by atoms with Crippen LogP contribution in [0.25, 0.3) is 11.1 Å². The first kappa shape index (κ1) is 19.0. The van der Waals surface area contributed by atoms with Crippen LogP contribution in [0.4, 0.5) is 15.9 Å². The van der Waals surface area contributed by atoms with Gasteiger partial charge in [0.15, 0.2) is 11.6 Å². The number of hydrogen-bond donors (Lipinski definition) is 1. The molecule has 0 unspecified atom stereocenters. The summed E-state index contributed by atoms with van der Waals surface area (Å²) in [5, 5.41) is 22.5. The normalized spacial score (nSPS) is 17.6. The fourth-order valence-corrected chi connectivity index (χ4v) is 3.97. The van der Waals surface area contributed by atoms with E-state index < -0.39 is 6.10 Å². The van der Waals surface area contributed by atoms with E-state index in [1.165, 1.54) is 12.1 Å². The molecule has 2 aliphatic heterocycles. The lowest BCUT2D eigenvalue weighted by Gasteiger charge is -2.30. The molecule has 0 fully saturated rings. The molecule has 31 heavy (non-hydrogen) atoms. The molecule has 10 heteroatoms. The van der Waals surface area contributed by atoms with Crippen LogP contribution >= 0.6 is 0 Å². The van der Waals surface area contributed by atoms with E-state index in [9.17, 15) is 9.65 Å². The number of pyridine rings is 1. The van der Waals surface area contributed by atoms with Crippen LogP contribution < -0.4 is 15.6 Å². The molecule has 3 aromatic rings. The average molecular weight is 418 g/mol. The number of hydrazine groups is 1. The van der Waals surface area contributed by atoms with Crippen molar-refractivity contribution < 1.29 is 9.13 Å². The quantitative estimate of drug-likeness (QED) is 0.598. The summed E-state index contributed by atoms with van der Waals surface area (Å²) >= 11 is 0. The maximum absolute atomic E-state index is 14.1. The highest BCUT2D eigenvalue weighted by atomic mass is 19.1. The summed E-state index contributed by atoms with van der Waals surface area (Å²) in [7, 11) is 1.73. The SMILES string of the molecule is C[C@H]1Oc2cc(cnc2N)-c2c(nn(C)c2C#N)CN2CC=NN2c2ccc(F)cc21. The Bertz CT molecular complexity index is 1260. The van der Waals surface area contributed by atoms with Crippen LogP contribution in [0.15, 0.2) is 35.6 Å². The van der Waals surface area contributed by atoms with Gasteiger partial charge in [0, 0.05) is 36.1 Å². The fourth-order valence-electron chi connectivity index (χ4n) is 3.97. The molecular weight excluding hydrogens is 399 g/mol. The third-order valence-electron chi connectivity index (χ3n) is 5.43.